The topological polar surface area (TPSA) is 73.2 Å². The summed E-state index contributed by atoms with van der Waals surface area (Å²) in [5.74, 6) is 0.545. The summed E-state index contributed by atoms with van der Waals surface area (Å²) in [5, 5.41) is 12.3. The summed E-state index contributed by atoms with van der Waals surface area (Å²) in [4.78, 5) is 2.15. The maximum absolute atomic E-state index is 11.5. The fourth-order valence-corrected chi connectivity index (χ4v) is 3.48. The van der Waals surface area contributed by atoms with E-state index in [-0.39, 0.29) is 5.75 Å². The second-order valence-corrected chi connectivity index (χ2v) is 7.37. The molecular formula is C12H23N3O2S. The summed E-state index contributed by atoms with van der Waals surface area (Å²) >= 11 is 0. The number of nitrogens with one attached hydrogen (secondary N) is 1. The van der Waals surface area contributed by atoms with Crippen molar-refractivity contribution in [3.63, 3.8) is 0 Å². The highest BCUT2D eigenvalue weighted by atomic mass is 32.2. The second-order valence-electron chi connectivity index (χ2n) is 5.07. The van der Waals surface area contributed by atoms with Crippen LogP contribution in [-0.4, -0.2) is 56.5 Å². The largest absolute Gasteiger partial charge is 0.302 e. The van der Waals surface area contributed by atoms with Gasteiger partial charge < -0.3 is 4.90 Å². The Hall–Kier alpha value is -0.640. The molecule has 0 aromatic rings. The molecule has 1 aliphatic heterocycles. The molecule has 1 rings (SSSR count). The van der Waals surface area contributed by atoms with Gasteiger partial charge in [-0.3, -0.25) is 5.32 Å². The van der Waals surface area contributed by atoms with Crippen molar-refractivity contribution < 1.29 is 8.42 Å². The molecule has 1 heterocycles. The predicted octanol–water partition coefficient (Wildman–Crippen LogP) is 0.389. The van der Waals surface area contributed by atoms with E-state index < -0.39 is 15.4 Å². The highest BCUT2D eigenvalue weighted by Gasteiger charge is 2.25. The first-order valence-corrected chi connectivity index (χ1v) is 8.32. The Kier molecular flexibility index (Phi) is 5.57. The highest BCUT2D eigenvalue weighted by molar-refractivity contribution is 7.91. The summed E-state index contributed by atoms with van der Waals surface area (Å²) in [5.41, 5.74) is -0.514. The molecule has 0 radical (unpaired) electrons. The predicted molar refractivity (Wildman–Crippen MR) is 72.0 cm³/mol. The van der Waals surface area contributed by atoms with Crippen LogP contribution in [0.1, 0.15) is 26.7 Å². The van der Waals surface area contributed by atoms with Crippen LogP contribution in [0.3, 0.4) is 0 Å². The van der Waals surface area contributed by atoms with Crippen molar-refractivity contribution in [1.29, 1.82) is 5.26 Å². The van der Waals surface area contributed by atoms with Gasteiger partial charge in [-0.1, -0.05) is 6.92 Å². The molecule has 1 saturated heterocycles. The zero-order valence-electron chi connectivity index (χ0n) is 11.3. The molecule has 0 bridgehead atoms. The Morgan fingerprint density at radius 1 is 1.39 bits per heavy atom. The number of hydrogen-bond acceptors (Lipinski definition) is 5. The zero-order valence-corrected chi connectivity index (χ0v) is 12.1. The van der Waals surface area contributed by atoms with Gasteiger partial charge in [-0.2, -0.15) is 5.26 Å². The van der Waals surface area contributed by atoms with E-state index in [1.165, 1.54) is 0 Å². The van der Waals surface area contributed by atoms with Crippen molar-refractivity contribution in [2.75, 3.05) is 37.7 Å². The first kappa shape index (κ1) is 15.4. The van der Waals surface area contributed by atoms with E-state index in [1.807, 2.05) is 13.8 Å². The van der Waals surface area contributed by atoms with Gasteiger partial charge in [0, 0.05) is 13.1 Å². The van der Waals surface area contributed by atoms with Gasteiger partial charge in [0.2, 0.25) is 0 Å². The Morgan fingerprint density at radius 3 is 2.72 bits per heavy atom. The van der Waals surface area contributed by atoms with E-state index in [9.17, 15) is 8.42 Å². The van der Waals surface area contributed by atoms with Crippen LogP contribution in [-0.2, 0) is 9.84 Å². The molecule has 18 heavy (non-hydrogen) atoms. The summed E-state index contributed by atoms with van der Waals surface area (Å²) in [6.07, 6.45) is 1.42. The monoisotopic (exact) mass is 273 g/mol. The van der Waals surface area contributed by atoms with Crippen molar-refractivity contribution in [3.8, 4) is 6.07 Å². The molecule has 1 N–H and O–H groups in total. The van der Waals surface area contributed by atoms with Crippen LogP contribution in [0.5, 0.6) is 0 Å². The van der Waals surface area contributed by atoms with Gasteiger partial charge in [0.15, 0.2) is 9.84 Å². The Labute approximate surface area is 110 Å². The smallest absolute Gasteiger partial charge is 0.151 e. The third-order valence-corrected chi connectivity index (χ3v) is 5.11. The normalized spacial score (nSPS) is 23.8. The first-order valence-electron chi connectivity index (χ1n) is 6.50. The Balaban J connectivity index is 2.46. The first-order chi connectivity index (χ1) is 8.41. The Bertz CT molecular complexity index is 402. The minimum atomic E-state index is -2.84. The summed E-state index contributed by atoms with van der Waals surface area (Å²) in [6.45, 7) is 6.81. The SMILES string of the molecule is CCNC(C)(C#N)CCN1CCCS(=O)(=O)CC1. The standard InChI is InChI=1S/C12H23N3O2S/c1-3-14-12(2,11-13)5-7-15-6-4-9-18(16,17)10-8-15/h14H,3-10H2,1-2H3. The van der Waals surface area contributed by atoms with Crippen molar-refractivity contribution in [2.24, 2.45) is 0 Å². The van der Waals surface area contributed by atoms with Crippen LogP contribution in [0.4, 0.5) is 0 Å². The quantitative estimate of drug-likeness (QED) is 0.784. The van der Waals surface area contributed by atoms with Gasteiger partial charge in [0.05, 0.1) is 17.6 Å². The molecule has 1 fully saturated rings. The van der Waals surface area contributed by atoms with Gasteiger partial charge in [0.1, 0.15) is 5.54 Å². The van der Waals surface area contributed by atoms with Crippen molar-refractivity contribution in [3.05, 3.63) is 0 Å². The molecule has 0 spiro atoms. The molecule has 0 aromatic carbocycles. The van der Waals surface area contributed by atoms with Crippen LogP contribution in [0.2, 0.25) is 0 Å². The third kappa shape index (κ3) is 4.92. The fraction of sp³-hybridized carbons (Fsp3) is 0.917. The average Bonchev–Trinajstić information content (AvgIpc) is 2.48. The molecule has 0 saturated carbocycles. The molecule has 1 unspecified atom stereocenters. The minimum Gasteiger partial charge on any atom is -0.302 e. The lowest BCUT2D eigenvalue weighted by Crippen LogP contribution is -2.44. The average molecular weight is 273 g/mol. The minimum absolute atomic E-state index is 0.247. The van der Waals surface area contributed by atoms with Crippen LogP contribution < -0.4 is 5.32 Å². The molecule has 0 aromatic heterocycles. The number of sulfone groups is 1. The van der Waals surface area contributed by atoms with Crippen molar-refractivity contribution >= 4 is 9.84 Å². The Morgan fingerprint density at radius 2 is 2.11 bits per heavy atom. The maximum Gasteiger partial charge on any atom is 0.151 e. The number of nitrogens with zero attached hydrogens (tertiary/aromatic N) is 2. The molecule has 0 aliphatic carbocycles. The van der Waals surface area contributed by atoms with E-state index >= 15 is 0 Å². The van der Waals surface area contributed by atoms with Crippen molar-refractivity contribution in [2.45, 2.75) is 32.2 Å². The number of rotatable bonds is 5. The van der Waals surface area contributed by atoms with E-state index in [2.05, 4.69) is 16.3 Å². The van der Waals surface area contributed by atoms with E-state index in [0.29, 0.717) is 18.7 Å². The van der Waals surface area contributed by atoms with Gasteiger partial charge >= 0.3 is 0 Å². The van der Waals surface area contributed by atoms with Gasteiger partial charge in [0.25, 0.3) is 0 Å². The molecule has 6 heteroatoms. The van der Waals surface area contributed by atoms with E-state index in [0.717, 1.165) is 26.1 Å². The summed E-state index contributed by atoms with van der Waals surface area (Å²) < 4.78 is 23.0. The molecule has 0 amide bonds. The van der Waals surface area contributed by atoms with Crippen LogP contribution >= 0.6 is 0 Å². The molecular weight excluding hydrogens is 250 g/mol. The van der Waals surface area contributed by atoms with Gasteiger partial charge in [-0.15, -0.1) is 0 Å². The van der Waals surface area contributed by atoms with E-state index in [1.54, 1.807) is 0 Å². The molecule has 1 aliphatic rings. The van der Waals surface area contributed by atoms with Crippen LogP contribution in [0, 0.1) is 11.3 Å². The molecule has 1 atom stereocenters. The van der Waals surface area contributed by atoms with Crippen LogP contribution in [0.25, 0.3) is 0 Å². The lowest BCUT2D eigenvalue weighted by molar-refractivity contribution is 0.261. The third-order valence-electron chi connectivity index (χ3n) is 3.39. The fourth-order valence-electron chi connectivity index (χ4n) is 2.17. The lowest BCUT2D eigenvalue weighted by atomic mass is 9.99. The maximum atomic E-state index is 11.5. The summed E-state index contributed by atoms with van der Waals surface area (Å²) in [6, 6.07) is 2.29. The van der Waals surface area contributed by atoms with Gasteiger partial charge in [-0.05, 0) is 32.9 Å². The van der Waals surface area contributed by atoms with Crippen LogP contribution in [0.15, 0.2) is 0 Å². The summed E-state index contributed by atoms with van der Waals surface area (Å²) in [7, 11) is -2.84. The van der Waals surface area contributed by atoms with Gasteiger partial charge in [-0.25, -0.2) is 8.42 Å². The highest BCUT2D eigenvalue weighted by Crippen LogP contribution is 2.11. The molecule has 5 nitrogen and oxygen atoms in total. The zero-order chi connectivity index (χ0) is 13.6. The van der Waals surface area contributed by atoms with E-state index in [4.69, 9.17) is 5.26 Å². The number of hydrogen-bond donors (Lipinski definition) is 1. The molecule has 104 valence electrons. The lowest BCUT2D eigenvalue weighted by Gasteiger charge is -2.27. The number of nitriles is 1. The van der Waals surface area contributed by atoms with Crippen molar-refractivity contribution in [1.82, 2.24) is 10.2 Å². The second kappa shape index (κ2) is 6.50.